The molecule has 0 radical (unpaired) electrons. The van der Waals surface area contributed by atoms with Crippen LogP contribution in [0.4, 0.5) is 4.79 Å². The molecule has 41 heavy (non-hydrogen) atoms. The number of nitrogens with zero attached hydrogens (tertiary/aromatic N) is 2. The van der Waals surface area contributed by atoms with Crippen LogP contribution in [0.3, 0.4) is 0 Å². The van der Waals surface area contributed by atoms with Gasteiger partial charge in [0.15, 0.2) is 0 Å². The number of hydrogen-bond acceptors (Lipinski definition) is 6. The monoisotopic (exact) mass is 555 g/mol. The quantitative estimate of drug-likeness (QED) is 0.286. The zero-order valence-corrected chi connectivity index (χ0v) is 24.4. The third kappa shape index (κ3) is 5.77. The molecule has 6 rings (SSSR count). The lowest BCUT2D eigenvalue weighted by Crippen LogP contribution is -2.65. The minimum atomic E-state index is -0.583. The van der Waals surface area contributed by atoms with E-state index in [0.29, 0.717) is 23.8 Å². The minimum Gasteiger partial charge on any atom is -0.445 e. The molecule has 214 valence electrons. The average Bonchev–Trinajstić information content (AvgIpc) is 3.32. The summed E-state index contributed by atoms with van der Waals surface area (Å²) in [4.78, 5) is 26.6. The van der Waals surface area contributed by atoms with Crippen LogP contribution in [-0.4, -0.2) is 55.8 Å². The van der Waals surface area contributed by atoms with Gasteiger partial charge in [0.1, 0.15) is 18.2 Å². The normalized spacial score (nSPS) is 26.7. The van der Waals surface area contributed by atoms with Gasteiger partial charge in [-0.3, -0.25) is 4.79 Å². The molecule has 3 aliphatic carbocycles. The Bertz CT molecular complexity index is 1370. The Kier molecular flexibility index (Phi) is 8.00. The van der Waals surface area contributed by atoms with Gasteiger partial charge in [0.05, 0.1) is 17.6 Å². The largest absolute Gasteiger partial charge is 0.482 e. The van der Waals surface area contributed by atoms with E-state index in [0.717, 1.165) is 24.0 Å². The Morgan fingerprint density at radius 2 is 1.88 bits per heavy atom. The van der Waals surface area contributed by atoms with Crippen molar-refractivity contribution >= 4 is 25.2 Å². The molecule has 2 aromatic carbocycles. The third-order valence-corrected chi connectivity index (χ3v) is 9.29. The molecule has 8 nitrogen and oxygen atoms in total. The molecular weight excluding hydrogens is 517 g/mol. The number of rotatable bonds is 8. The Hall–Kier alpha value is -3.61. The molecule has 0 unspecified atom stereocenters. The lowest BCUT2D eigenvalue weighted by atomic mass is 9.43. The van der Waals surface area contributed by atoms with Gasteiger partial charge in [-0.25, -0.2) is 4.79 Å². The molecule has 0 spiro atoms. The van der Waals surface area contributed by atoms with Gasteiger partial charge in [0.2, 0.25) is 0 Å². The first-order valence-corrected chi connectivity index (χ1v) is 14.2. The van der Waals surface area contributed by atoms with E-state index in [1.54, 1.807) is 32.3 Å². The van der Waals surface area contributed by atoms with Crippen LogP contribution in [0.2, 0.25) is 0 Å². The molecule has 9 heteroatoms. The zero-order chi connectivity index (χ0) is 29.4. The van der Waals surface area contributed by atoms with Crippen LogP contribution >= 0.6 is 0 Å². The standard InChI is InChI=1S/C32H38BN3O5/c1-31(2)25-17-26(31)32(3)27(18-25)40-33(41-32)28(16-21-10-7-6-8-11-21)35-30(38)39-20-23-13-9-12-22(14-23)15-24(19-34)29(37)36(4)5/h6-15,25-28H,16-18,20H2,1-5H3,(H,35,38)/t25-,26-,27+,28-,32-/m0/s1. The summed E-state index contributed by atoms with van der Waals surface area (Å²) in [6.45, 7) is 6.85. The molecule has 4 fully saturated rings. The fraction of sp³-hybridized carbons (Fsp3) is 0.469. The fourth-order valence-corrected chi connectivity index (χ4v) is 6.82. The number of nitrogens with one attached hydrogen (secondary N) is 1. The summed E-state index contributed by atoms with van der Waals surface area (Å²) >= 11 is 0. The smallest absolute Gasteiger partial charge is 0.445 e. The second kappa shape index (κ2) is 11.3. The van der Waals surface area contributed by atoms with Crippen molar-refractivity contribution in [3.63, 3.8) is 0 Å². The Morgan fingerprint density at radius 1 is 1.15 bits per heavy atom. The topological polar surface area (TPSA) is 101 Å². The number of likely N-dealkylation sites (N-methyl/N-ethyl adjacent to an activating group) is 1. The highest BCUT2D eigenvalue weighted by Crippen LogP contribution is 2.65. The van der Waals surface area contributed by atoms with Crippen LogP contribution in [0.25, 0.3) is 6.08 Å². The van der Waals surface area contributed by atoms with Crippen molar-refractivity contribution in [1.29, 1.82) is 5.26 Å². The first-order chi connectivity index (χ1) is 19.5. The van der Waals surface area contributed by atoms with E-state index in [1.807, 2.05) is 42.5 Å². The summed E-state index contributed by atoms with van der Waals surface area (Å²) in [6, 6.07) is 19.1. The molecule has 1 saturated heterocycles. The van der Waals surface area contributed by atoms with Gasteiger partial charge in [-0.1, -0.05) is 62.4 Å². The van der Waals surface area contributed by atoms with E-state index in [2.05, 4.69) is 26.1 Å². The molecule has 2 amide bonds. The van der Waals surface area contributed by atoms with Gasteiger partial charge in [0, 0.05) is 14.1 Å². The number of carbonyl (C=O) groups excluding carboxylic acids is 2. The van der Waals surface area contributed by atoms with Crippen molar-refractivity contribution in [2.24, 2.45) is 17.3 Å². The van der Waals surface area contributed by atoms with Crippen LogP contribution in [0.5, 0.6) is 0 Å². The molecule has 1 heterocycles. The van der Waals surface area contributed by atoms with Crippen molar-refractivity contribution in [3.8, 4) is 6.07 Å². The van der Waals surface area contributed by atoms with Gasteiger partial charge in [-0.05, 0) is 72.3 Å². The second-order valence-electron chi connectivity index (χ2n) is 12.5. The van der Waals surface area contributed by atoms with E-state index in [9.17, 15) is 14.9 Å². The van der Waals surface area contributed by atoms with Gasteiger partial charge in [-0.15, -0.1) is 0 Å². The average molecular weight is 555 g/mol. The molecular formula is C32H38BN3O5. The highest BCUT2D eigenvalue weighted by atomic mass is 16.7. The fourth-order valence-electron chi connectivity index (χ4n) is 6.82. The summed E-state index contributed by atoms with van der Waals surface area (Å²) in [5, 5.41) is 12.4. The summed E-state index contributed by atoms with van der Waals surface area (Å²) in [7, 11) is 2.61. The number of amides is 2. The summed E-state index contributed by atoms with van der Waals surface area (Å²) < 4.78 is 18.8. The van der Waals surface area contributed by atoms with Gasteiger partial charge < -0.3 is 24.3 Å². The number of hydrogen-bond donors (Lipinski definition) is 1. The molecule has 1 N–H and O–H groups in total. The van der Waals surface area contributed by atoms with Gasteiger partial charge >= 0.3 is 13.2 Å². The second-order valence-corrected chi connectivity index (χ2v) is 12.5. The van der Waals surface area contributed by atoms with Crippen molar-refractivity contribution in [1.82, 2.24) is 10.2 Å². The molecule has 3 saturated carbocycles. The van der Waals surface area contributed by atoms with Crippen LogP contribution < -0.4 is 5.32 Å². The molecule has 4 aliphatic rings. The maximum absolute atomic E-state index is 13.1. The Balaban J connectivity index is 1.26. The number of carbonyl (C=O) groups is 2. The molecule has 5 atom stereocenters. The Morgan fingerprint density at radius 3 is 2.56 bits per heavy atom. The first-order valence-electron chi connectivity index (χ1n) is 14.2. The van der Waals surface area contributed by atoms with E-state index in [-0.39, 0.29) is 35.2 Å². The first kappa shape index (κ1) is 28.9. The molecule has 2 aromatic rings. The van der Waals surface area contributed by atoms with Crippen molar-refractivity contribution in [2.75, 3.05) is 14.1 Å². The summed E-state index contributed by atoms with van der Waals surface area (Å²) in [6.07, 6.45) is 3.64. The highest BCUT2D eigenvalue weighted by Gasteiger charge is 2.68. The predicted molar refractivity (Wildman–Crippen MR) is 156 cm³/mol. The lowest BCUT2D eigenvalue weighted by molar-refractivity contribution is -0.199. The summed E-state index contributed by atoms with van der Waals surface area (Å²) in [5.41, 5.74) is 2.34. The summed E-state index contributed by atoms with van der Waals surface area (Å²) in [5.74, 6) is 0.249. The lowest BCUT2D eigenvalue weighted by Gasteiger charge is -2.64. The maximum atomic E-state index is 13.1. The molecule has 0 aromatic heterocycles. The van der Waals surface area contributed by atoms with Crippen LogP contribution in [0.1, 0.15) is 50.3 Å². The van der Waals surface area contributed by atoms with Crippen molar-refractivity contribution in [3.05, 3.63) is 76.9 Å². The minimum absolute atomic E-state index is 0.00819. The number of nitriles is 1. The zero-order valence-electron chi connectivity index (χ0n) is 24.4. The van der Waals surface area contributed by atoms with Gasteiger partial charge in [0.25, 0.3) is 5.91 Å². The number of alkyl carbamates (subject to hydrolysis) is 1. The molecule has 2 bridgehead atoms. The predicted octanol–water partition coefficient (Wildman–Crippen LogP) is 4.79. The maximum Gasteiger partial charge on any atom is 0.482 e. The van der Waals surface area contributed by atoms with Crippen molar-refractivity contribution in [2.45, 2.75) is 64.3 Å². The highest BCUT2D eigenvalue weighted by molar-refractivity contribution is 6.47. The molecule has 1 aliphatic heterocycles. The van der Waals surface area contributed by atoms with E-state index in [1.165, 1.54) is 11.0 Å². The van der Waals surface area contributed by atoms with E-state index < -0.39 is 19.2 Å². The van der Waals surface area contributed by atoms with Crippen LogP contribution in [0.15, 0.2) is 60.2 Å². The van der Waals surface area contributed by atoms with Crippen molar-refractivity contribution < 1.29 is 23.6 Å². The third-order valence-electron chi connectivity index (χ3n) is 9.29. The van der Waals surface area contributed by atoms with Gasteiger partial charge in [-0.2, -0.15) is 5.26 Å². The van der Waals surface area contributed by atoms with Crippen LogP contribution in [0, 0.1) is 28.6 Å². The van der Waals surface area contributed by atoms with E-state index >= 15 is 0 Å². The Labute approximate surface area is 242 Å². The van der Waals surface area contributed by atoms with E-state index in [4.69, 9.17) is 14.0 Å². The number of ether oxygens (including phenoxy) is 1. The van der Waals surface area contributed by atoms with Crippen LogP contribution in [-0.2, 0) is 31.9 Å². The SMILES string of the molecule is CN(C)C(=O)C(C#N)=Cc1cccc(COC(=O)N[C@@H](Cc2ccccc2)B2O[C@@H]3C[C@@H]4C[C@@H](C4(C)C)[C@]3(C)O2)c1. The number of benzene rings is 2.